The molecule has 0 radical (unpaired) electrons. The van der Waals surface area contributed by atoms with E-state index in [4.69, 9.17) is 0 Å². The maximum Gasteiger partial charge on any atom is -0.0193 e. The van der Waals surface area contributed by atoms with Gasteiger partial charge in [-0.3, -0.25) is 0 Å². The SMILES string of the molecule is CCC(C)c1ccc(CCc2ccccc2C)cc1. The smallest absolute Gasteiger partial charge is 0.0193 e. The maximum atomic E-state index is 2.29. The van der Waals surface area contributed by atoms with E-state index in [-0.39, 0.29) is 0 Å². The number of rotatable bonds is 5. The lowest BCUT2D eigenvalue weighted by molar-refractivity contribution is 0.733. The normalized spacial score (nSPS) is 12.4. The van der Waals surface area contributed by atoms with Crippen LogP contribution in [0.25, 0.3) is 0 Å². The van der Waals surface area contributed by atoms with E-state index in [1.165, 1.54) is 28.7 Å². The Kier molecular flexibility index (Phi) is 4.79. The monoisotopic (exact) mass is 252 g/mol. The summed E-state index contributed by atoms with van der Waals surface area (Å²) in [5.41, 5.74) is 5.77. The summed E-state index contributed by atoms with van der Waals surface area (Å²) >= 11 is 0. The molecule has 2 aromatic rings. The van der Waals surface area contributed by atoms with Gasteiger partial charge in [0.1, 0.15) is 0 Å². The van der Waals surface area contributed by atoms with E-state index in [0.29, 0.717) is 5.92 Å². The van der Waals surface area contributed by atoms with Crippen molar-refractivity contribution < 1.29 is 0 Å². The van der Waals surface area contributed by atoms with Crippen LogP contribution in [0, 0.1) is 6.92 Å². The second-order valence-electron chi connectivity index (χ2n) is 5.48. The third-order valence-electron chi connectivity index (χ3n) is 4.11. The molecule has 0 amide bonds. The van der Waals surface area contributed by atoms with Gasteiger partial charge in [-0.15, -0.1) is 0 Å². The molecular formula is C19H24. The minimum absolute atomic E-state index is 0.672. The maximum absolute atomic E-state index is 2.29. The van der Waals surface area contributed by atoms with Gasteiger partial charge in [-0.2, -0.15) is 0 Å². The minimum atomic E-state index is 0.672. The fourth-order valence-electron chi connectivity index (χ4n) is 2.42. The first-order valence-corrected chi connectivity index (χ1v) is 7.34. The average Bonchev–Trinajstić information content (AvgIpc) is 2.46. The third-order valence-corrected chi connectivity index (χ3v) is 4.11. The first-order chi connectivity index (χ1) is 9.20. The molecule has 0 heterocycles. The zero-order valence-corrected chi connectivity index (χ0v) is 12.3. The Bertz CT molecular complexity index is 508. The van der Waals surface area contributed by atoms with Crippen molar-refractivity contribution in [3.63, 3.8) is 0 Å². The van der Waals surface area contributed by atoms with E-state index in [2.05, 4.69) is 69.3 Å². The van der Waals surface area contributed by atoms with Gasteiger partial charge in [0.25, 0.3) is 0 Å². The quantitative estimate of drug-likeness (QED) is 0.678. The van der Waals surface area contributed by atoms with Crippen molar-refractivity contribution in [3.8, 4) is 0 Å². The van der Waals surface area contributed by atoms with E-state index in [1.54, 1.807) is 0 Å². The highest BCUT2D eigenvalue weighted by Gasteiger charge is 2.03. The first-order valence-electron chi connectivity index (χ1n) is 7.34. The zero-order chi connectivity index (χ0) is 13.7. The van der Waals surface area contributed by atoms with Crippen LogP contribution in [0.4, 0.5) is 0 Å². The number of aryl methyl sites for hydroxylation is 3. The van der Waals surface area contributed by atoms with E-state index in [0.717, 1.165) is 12.8 Å². The second kappa shape index (κ2) is 6.56. The summed E-state index contributed by atoms with van der Waals surface area (Å²) in [7, 11) is 0. The van der Waals surface area contributed by atoms with Gasteiger partial charge in [0.15, 0.2) is 0 Å². The van der Waals surface area contributed by atoms with E-state index >= 15 is 0 Å². The summed E-state index contributed by atoms with van der Waals surface area (Å²) in [5.74, 6) is 0.672. The van der Waals surface area contributed by atoms with E-state index < -0.39 is 0 Å². The largest absolute Gasteiger partial charge is 0.0648 e. The van der Waals surface area contributed by atoms with Crippen LogP contribution in [0.15, 0.2) is 48.5 Å². The van der Waals surface area contributed by atoms with Gasteiger partial charge in [0.05, 0.1) is 0 Å². The predicted octanol–water partition coefficient (Wildman–Crippen LogP) is 5.29. The van der Waals surface area contributed by atoms with Crippen LogP contribution in [-0.4, -0.2) is 0 Å². The van der Waals surface area contributed by atoms with Crippen molar-refractivity contribution in [3.05, 3.63) is 70.8 Å². The zero-order valence-electron chi connectivity index (χ0n) is 12.3. The summed E-state index contributed by atoms with van der Waals surface area (Å²) in [6.45, 7) is 6.74. The molecule has 0 aliphatic rings. The minimum Gasteiger partial charge on any atom is -0.0648 e. The molecule has 1 atom stereocenters. The highest BCUT2D eigenvalue weighted by atomic mass is 14.1. The molecule has 0 nitrogen and oxygen atoms in total. The molecule has 0 aliphatic heterocycles. The first kappa shape index (κ1) is 13.9. The van der Waals surface area contributed by atoms with Crippen molar-refractivity contribution in [1.82, 2.24) is 0 Å². The molecule has 0 aliphatic carbocycles. The van der Waals surface area contributed by atoms with E-state index in [1.807, 2.05) is 0 Å². The summed E-state index contributed by atoms with van der Waals surface area (Å²) in [6, 6.07) is 17.8. The molecule has 0 saturated carbocycles. The molecule has 2 rings (SSSR count). The van der Waals surface area contributed by atoms with Gasteiger partial charge in [-0.1, -0.05) is 62.4 Å². The molecule has 0 heteroatoms. The summed E-state index contributed by atoms with van der Waals surface area (Å²) in [6.07, 6.45) is 3.48. The Morgan fingerprint density at radius 2 is 1.58 bits per heavy atom. The number of hydrogen-bond acceptors (Lipinski definition) is 0. The summed E-state index contributed by atoms with van der Waals surface area (Å²) in [4.78, 5) is 0. The Morgan fingerprint density at radius 3 is 2.21 bits per heavy atom. The molecule has 0 aromatic heterocycles. The van der Waals surface area contributed by atoms with Crippen molar-refractivity contribution in [1.29, 1.82) is 0 Å². The molecule has 19 heavy (non-hydrogen) atoms. The van der Waals surface area contributed by atoms with Crippen molar-refractivity contribution in [2.45, 2.75) is 46.0 Å². The van der Waals surface area contributed by atoms with Crippen LogP contribution in [0.2, 0.25) is 0 Å². The van der Waals surface area contributed by atoms with Crippen LogP contribution in [0.3, 0.4) is 0 Å². The fraction of sp³-hybridized carbons (Fsp3) is 0.368. The topological polar surface area (TPSA) is 0 Å². The lowest BCUT2D eigenvalue weighted by Gasteiger charge is -2.10. The van der Waals surface area contributed by atoms with Crippen molar-refractivity contribution in [2.75, 3.05) is 0 Å². The van der Waals surface area contributed by atoms with Gasteiger partial charge in [0, 0.05) is 0 Å². The molecule has 2 aromatic carbocycles. The molecule has 1 unspecified atom stereocenters. The van der Waals surface area contributed by atoms with Crippen LogP contribution in [0.5, 0.6) is 0 Å². The number of hydrogen-bond donors (Lipinski definition) is 0. The van der Waals surface area contributed by atoms with Gasteiger partial charge in [-0.25, -0.2) is 0 Å². The Labute approximate surface area is 117 Å². The fourth-order valence-corrected chi connectivity index (χ4v) is 2.42. The molecule has 0 spiro atoms. The van der Waals surface area contributed by atoms with Crippen LogP contribution >= 0.6 is 0 Å². The number of benzene rings is 2. The Hall–Kier alpha value is -1.56. The Balaban J connectivity index is 1.99. The third kappa shape index (κ3) is 3.70. The lowest BCUT2D eigenvalue weighted by atomic mass is 9.95. The standard InChI is InChI=1S/C19H24/c1-4-15(2)19-13-10-17(11-14-19)9-12-18-8-6-5-7-16(18)3/h5-8,10-11,13-15H,4,9,12H2,1-3H3. The van der Waals surface area contributed by atoms with Gasteiger partial charge >= 0.3 is 0 Å². The Morgan fingerprint density at radius 1 is 0.895 bits per heavy atom. The molecule has 100 valence electrons. The van der Waals surface area contributed by atoms with Gasteiger partial charge in [0.2, 0.25) is 0 Å². The molecule has 0 saturated heterocycles. The van der Waals surface area contributed by atoms with E-state index in [9.17, 15) is 0 Å². The summed E-state index contributed by atoms with van der Waals surface area (Å²) < 4.78 is 0. The van der Waals surface area contributed by atoms with Gasteiger partial charge in [-0.05, 0) is 54.4 Å². The lowest BCUT2D eigenvalue weighted by Crippen LogP contribution is -1.95. The molecule has 0 N–H and O–H groups in total. The van der Waals surface area contributed by atoms with Crippen LogP contribution in [0.1, 0.15) is 48.4 Å². The molecular weight excluding hydrogens is 228 g/mol. The summed E-state index contributed by atoms with van der Waals surface area (Å²) in [5, 5.41) is 0. The van der Waals surface area contributed by atoms with Gasteiger partial charge < -0.3 is 0 Å². The highest BCUT2D eigenvalue weighted by molar-refractivity contribution is 5.29. The second-order valence-corrected chi connectivity index (χ2v) is 5.48. The van der Waals surface area contributed by atoms with Crippen LogP contribution < -0.4 is 0 Å². The highest BCUT2D eigenvalue weighted by Crippen LogP contribution is 2.19. The van der Waals surface area contributed by atoms with Crippen molar-refractivity contribution in [2.24, 2.45) is 0 Å². The molecule has 0 fully saturated rings. The van der Waals surface area contributed by atoms with Crippen LogP contribution in [-0.2, 0) is 12.8 Å². The predicted molar refractivity (Wildman–Crippen MR) is 83.7 cm³/mol. The average molecular weight is 252 g/mol. The molecule has 0 bridgehead atoms. The van der Waals surface area contributed by atoms with Crippen molar-refractivity contribution >= 4 is 0 Å².